The van der Waals surface area contributed by atoms with Crippen molar-refractivity contribution in [1.82, 2.24) is 28.9 Å². The molecule has 0 fully saturated rings. The van der Waals surface area contributed by atoms with Crippen molar-refractivity contribution in [3.63, 3.8) is 0 Å². The molecule has 1 aliphatic heterocycles. The number of halogens is 1. The summed E-state index contributed by atoms with van der Waals surface area (Å²) in [5, 5.41) is 14.6. The van der Waals surface area contributed by atoms with E-state index in [1.165, 1.54) is 17.5 Å². The number of methoxy groups -OCH3 is 1. The number of aromatic nitrogens is 5. The fourth-order valence-electron chi connectivity index (χ4n) is 3.93. The van der Waals surface area contributed by atoms with Gasteiger partial charge in [0.1, 0.15) is 16.3 Å². The summed E-state index contributed by atoms with van der Waals surface area (Å²) in [5.74, 6) is 1.80. The molecule has 0 N–H and O–H groups in total. The van der Waals surface area contributed by atoms with E-state index in [4.69, 9.17) is 21.4 Å². The smallest absolute Gasteiger partial charge is 0.247 e. The molecule has 2 aromatic heterocycles. The number of hydrogen-bond donors (Lipinski definition) is 0. The van der Waals surface area contributed by atoms with Crippen LogP contribution in [0.25, 0.3) is 11.5 Å². The van der Waals surface area contributed by atoms with Crippen molar-refractivity contribution in [2.45, 2.75) is 43.4 Å². The predicted octanol–water partition coefficient (Wildman–Crippen LogP) is 3.22. The van der Waals surface area contributed by atoms with Crippen molar-refractivity contribution < 1.29 is 13.2 Å². The van der Waals surface area contributed by atoms with Crippen LogP contribution in [0.1, 0.15) is 25.1 Å². The fourth-order valence-corrected chi connectivity index (χ4v) is 6.48. The standard InChI is InChI=1S/C20H25ClN6O3S2/c1-5-27-19(22-23-20(27)31-6-2)18-14-12-26(10-9-15(14)25(3)24-18)32(28,29)17-11-13(21)7-8-16(17)30-4/h7-8,11H,5-6,9-10,12H2,1-4H3. The van der Waals surface area contributed by atoms with Gasteiger partial charge in [-0.3, -0.25) is 4.68 Å². The maximum Gasteiger partial charge on any atom is 0.247 e. The molecule has 0 radical (unpaired) electrons. The van der Waals surface area contributed by atoms with Crippen LogP contribution in [-0.2, 0) is 36.6 Å². The van der Waals surface area contributed by atoms with Gasteiger partial charge in [0.15, 0.2) is 11.0 Å². The minimum absolute atomic E-state index is 0.0553. The van der Waals surface area contributed by atoms with Crippen LogP contribution in [0.3, 0.4) is 0 Å². The third kappa shape index (κ3) is 3.91. The summed E-state index contributed by atoms with van der Waals surface area (Å²) in [5.41, 5.74) is 2.51. The molecule has 3 heterocycles. The number of benzene rings is 1. The van der Waals surface area contributed by atoms with Gasteiger partial charge in [-0.2, -0.15) is 9.40 Å². The highest BCUT2D eigenvalue weighted by molar-refractivity contribution is 7.99. The van der Waals surface area contributed by atoms with Crippen molar-refractivity contribution in [3.8, 4) is 17.3 Å². The first kappa shape index (κ1) is 23.1. The van der Waals surface area contributed by atoms with Gasteiger partial charge in [-0.25, -0.2) is 8.42 Å². The first-order valence-corrected chi connectivity index (χ1v) is 13.1. The van der Waals surface area contributed by atoms with Crippen LogP contribution < -0.4 is 4.74 Å². The minimum Gasteiger partial charge on any atom is -0.495 e. The number of hydrogen-bond acceptors (Lipinski definition) is 7. The first-order chi connectivity index (χ1) is 15.3. The number of ether oxygens (including phenoxy) is 1. The molecular weight excluding hydrogens is 472 g/mol. The second-order valence-electron chi connectivity index (χ2n) is 7.26. The molecule has 0 bridgehead atoms. The van der Waals surface area contributed by atoms with E-state index in [-0.39, 0.29) is 17.2 Å². The second kappa shape index (κ2) is 9.05. The van der Waals surface area contributed by atoms with Gasteiger partial charge in [-0.05, 0) is 30.9 Å². The average molecular weight is 497 g/mol. The fraction of sp³-hybridized carbons (Fsp3) is 0.450. The quantitative estimate of drug-likeness (QED) is 0.463. The molecule has 4 rings (SSSR count). The number of nitrogens with zero attached hydrogens (tertiary/aromatic N) is 6. The molecule has 12 heteroatoms. The normalized spacial score (nSPS) is 14.5. The Morgan fingerprint density at radius 1 is 1.25 bits per heavy atom. The molecule has 0 unspecified atom stereocenters. The maximum absolute atomic E-state index is 13.5. The van der Waals surface area contributed by atoms with Crippen LogP contribution in [0.5, 0.6) is 5.75 Å². The van der Waals surface area contributed by atoms with Crippen LogP contribution in [0.4, 0.5) is 0 Å². The summed E-state index contributed by atoms with van der Waals surface area (Å²) in [6.07, 6.45) is 0.539. The van der Waals surface area contributed by atoms with Gasteiger partial charge in [0.05, 0.1) is 7.11 Å². The molecule has 172 valence electrons. The largest absolute Gasteiger partial charge is 0.495 e. The van der Waals surface area contributed by atoms with Crippen LogP contribution in [0.2, 0.25) is 5.02 Å². The van der Waals surface area contributed by atoms with E-state index in [0.717, 1.165) is 22.2 Å². The molecule has 32 heavy (non-hydrogen) atoms. The van der Waals surface area contributed by atoms with E-state index in [0.29, 0.717) is 36.1 Å². The summed E-state index contributed by atoms with van der Waals surface area (Å²) < 4.78 is 37.6. The van der Waals surface area contributed by atoms with Gasteiger partial charge in [0.25, 0.3) is 0 Å². The van der Waals surface area contributed by atoms with E-state index in [1.54, 1.807) is 23.9 Å². The number of fused-ring (bicyclic) bond motifs is 1. The summed E-state index contributed by atoms with van der Waals surface area (Å²) in [7, 11) is -0.519. The number of rotatable bonds is 7. The molecule has 3 aromatic rings. The first-order valence-electron chi connectivity index (χ1n) is 10.3. The van der Waals surface area contributed by atoms with Gasteiger partial charge in [-0.15, -0.1) is 10.2 Å². The Labute approximate surface area is 196 Å². The van der Waals surface area contributed by atoms with Crippen LogP contribution in [0, 0.1) is 0 Å². The Bertz CT molecular complexity index is 1250. The number of aryl methyl sites for hydroxylation is 1. The highest BCUT2D eigenvalue weighted by Gasteiger charge is 2.35. The molecule has 0 atom stereocenters. The lowest BCUT2D eigenvalue weighted by Crippen LogP contribution is -2.36. The molecule has 0 saturated carbocycles. The van der Waals surface area contributed by atoms with Gasteiger partial charge in [-0.1, -0.05) is 30.3 Å². The van der Waals surface area contributed by atoms with Crippen LogP contribution in [-0.4, -0.2) is 56.7 Å². The topological polar surface area (TPSA) is 95.1 Å². The highest BCUT2D eigenvalue weighted by Crippen LogP contribution is 2.35. The average Bonchev–Trinajstić information content (AvgIpc) is 3.33. The third-order valence-electron chi connectivity index (χ3n) is 5.47. The zero-order valence-electron chi connectivity index (χ0n) is 18.4. The van der Waals surface area contributed by atoms with Crippen molar-refractivity contribution in [1.29, 1.82) is 0 Å². The zero-order chi connectivity index (χ0) is 23.0. The van der Waals surface area contributed by atoms with E-state index in [9.17, 15) is 8.42 Å². The third-order valence-corrected chi connectivity index (χ3v) is 8.42. The second-order valence-corrected chi connectivity index (χ2v) is 10.8. The van der Waals surface area contributed by atoms with Gasteiger partial charge in [0.2, 0.25) is 10.0 Å². The van der Waals surface area contributed by atoms with Gasteiger partial charge < -0.3 is 9.30 Å². The molecule has 0 saturated heterocycles. The number of sulfonamides is 1. The summed E-state index contributed by atoms with van der Waals surface area (Å²) in [6, 6.07) is 4.60. The SMILES string of the molecule is CCSc1nnc(-c2nn(C)c3c2CN(S(=O)(=O)c2cc(Cl)ccc2OC)CC3)n1CC. The Morgan fingerprint density at radius 3 is 2.72 bits per heavy atom. The van der Waals surface area contributed by atoms with E-state index in [2.05, 4.69) is 17.1 Å². The predicted molar refractivity (Wildman–Crippen MR) is 124 cm³/mol. The van der Waals surface area contributed by atoms with Crippen LogP contribution in [0.15, 0.2) is 28.3 Å². The van der Waals surface area contributed by atoms with Crippen molar-refractivity contribution in [3.05, 3.63) is 34.5 Å². The Balaban J connectivity index is 1.76. The van der Waals surface area contributed by atoms with Crippen molar-refractivity contribution in [2.75, 3.05) is 19.4 Å². The monoisotopic (exact) mass is 496 g/mol. The molecule has 1 aromatic carbocycles. The van der Waals surface area contributed by atoms with E-state index < -0.39 is 10.0 Å². The lowest BCUT2D eigenvalue weighted by molar-refractivity contribution is 0.374. The van der Waals surface area contributed by atoms with Gasteiger partial charge >= 0.3 is 0 Å². The molecule has 0 amide bonds. The van der Waals surface area contributed by atoms with E-state index in [1.807, 2.05) is 23.2 Å². The summed E-state index contributed by atoms with van der Waals surface area (Å²) in [6.45, 7) is 5.31. The Kier molecular flexibility index (Phi) is 6.53. The molecule has 1 aliphatic rings. The zero-order valence-corrected chi connectivity index (χ0v) is 20.8. The summed E-state index contributed by atoms with van der Waals surface area (Å²) >= 11 is 7.71. The Morgan fingerprint density at radius 2 is 2.03 bits per heavy atom. The minimum atomic E-state index is -3.84. The summed E-state index contributed by atoms with van der Waals surface area (Å²) in [4.78, 5) is 0.0553. The van der Waals surface area contributed by atoms with Crippen molar-refractivity contribution >= 4 is 33.4 Å². The number of thioether (sulfide) groups is 1. The lowest BCUT2D eigenvalue weighted by Gasteiger charge is -2.27. The van der Waals surface area contributed by atoms with E-state index >= 15 is 0 Å². The van der Waals surface area contributed by atoms with Crippen LogP contribution >= 0.6 is 23.4 Å². The molecule has 0 aliphatic carbocycles. The molecule has 0 spiro atoms. The highest BCUT2D eigenvalue weighted by atomic mass is 35.5. The maximum atomic E-state index is 13.5. The molecule has 9 nitrogen and oxygen atoms in total. The van der Waals surface area contributed by atoms with Gasteiger partial charge in [0, 0.05) is 49.4 Å². The lowest BCUT2D eigenvalue weighted by atomic mass is 10.1. The molecular formula is C20H25ClN6O3S2. The Hall–Kier alpha value is -2.08. The van der Waals surface area contributed by atoms with Crippen molar-refractivity contribution in [2.24, 2.45) is 7.05 Å².